The molecule has 0 aliphatic carbocycles. The van der Waals surface area contributed by atoms with E-state index in [2.05, 4.69) is 0 Å². The molecule has 0 spiro atoms. The fourth-order valence-corrected chi connectivity index (χ4v) is 2.84. The summed E-state index contributed by atoms with van der Waals surface area (Å²) in [6, 6.07) is 8.75. The number of halogens is 3. The Morgan fingerprint density at radius 3 is 2.29 bits per heavy atom. The van der Waals surface area contributed by atoms with Crippen molar-refractivity contribution < 1.29 is 9.53 Å². The van der Waals surface area contributed by atoms with Crippen molar-refractivity contribution in [3.8, 4) is 5.75 Å². The van der Waals surface area contributed by atoms with Gasteiger partial charge in [0, 0.05) is 10.6 Å². The lowest BCUT2D eigenvalue weighted by atomic mass is 10.0. The lowest BCUT2D eigenvalue weighted by Gasteiger charge is -2.11. The first-order valence-electron chi connectivity index (χ1n) is 6.26. The van der Waals surface area contributed by atoms with Crippen LogP contribution in [0.25, 0.3) is 0 Å². The number of hydrogen-bond donors (Lipinski definition) is 0. The van der Waals surface area contributed by atoms with E-state index >= 15 is 0 Å². The Bertz CT molecular complexity index is 673. The molecule has 2 aromatic rings. The maximum absolute atomic E-state index is 12.2. The first-order valence-corrected chi connectivity index (χ1v) is 7.39. The minimum absolute atomic E-state index is 0.127. The van der Waals surface area contributed by atoms with E-state index in [0.717, 1.165) is 11.1 Å². The van der Waals surface area contributed by atoms with Crippen LogP contribution in [0.5, 0.6) is 5.75 Å². The van der Waals surface area contributed by atoms with Gasteiger partial charge in [0.15, 0.2) is 18.1 Å². The summed E-state index contributed by atoms with van der Waals surface area (Å²) in [7, 11) is 0. The molecule has 2 nitrogen and oxygen atoms in total. The summed E-state index contributed by atoms with van der Waals surface area (Å²) in [5, 5.41) is 0.973. The summed E-state index contributed by atoms with van der Waals surface area (Å²) in [6.07, 6.45) is 0. The van der Waals surface area contributed by atoms with Gasteiger partial charge in [0.05, 0.1) is 10.0 Å². The molecule has 2 rings (SSSR count). The van der Waals surface area contributed by atoms with Crippen LogP contribution in [-0.2, 0) is 0 Å². The Kier molecular flexibility index (Phi) is 5.15. The van der Waals surface area contributed by atoms with Crippen LogP contribution in [0.4, 0.5) is 0 Å². The van der Waals surface area contributed by atoms with Crippen molar-refractivity contribution in [3.63, 3.8) is 0 Å². The molecule has 21 heavy (non-hydrogen) atoms. The Labute approximate surface area is 138 Å². The number of carbonyl (C=O) groups is 1. The number of hydrogen-bond acceptors (Lipinski definition) is 2. The van der Waals surface area contributed by atoms with Gasteiger partial charge < -0.3 is 4.74 Å². The van der Waals surface area contributed by atoms with Gasteiger partial charge in [-0.2, -0.15) is 0 Å². The van der Waals surface area contributed by atoms with Gasteiger partial charge in [0.25, 0.3) is 0 Å². The molecule has 0 bridgehead atoms. The van der Waals surface area contributed by atoms with Gasteiger partial charge >= 0.3 is 0 Å². The van der Waals surface area contributed by atoms with Crippen LogP contribution in [0.2, 0.25) is 15.1 Å². The highest BCUT2D eigenvalue weighted by Crippen LogP contribution is 2.35. The van der Waals surface area contributed by atoms with Crippen molar-refractivity contribution >= 4 is 40.6 Å². The minimum atomic E-state index is -0.134. The highest BCUT2D eigenvalue weighted by Gasteiger charge is 2.14. The normalized spacial score (nSPS) is 10.5. The zero-order valence-electron chi connectivity index (χ0n) is 11.5. The minimum Gasteiger partial charge on any atom is -0.482 e. The molecular formula is C16H13Cl3O2. The van der Waals surface area contributed by atoms with E-state index in [0.29, 0.717) is 10.6 Å². The third-order valence-corrected chi connectivity index (χ3v) is 3.78. The van der Waals surface area contributed by atoms with E-state index in [4.69, 9.17) is 39.5 Å². The summed E-state index contributed by atoms with van der Waals surface area (Å²) in [6.45, 7) is 3.68. The number of ether oxygens (including phenoxy) is 1. The Balaban J connectivity index is 2.17. The molecule has 0 amide bonds. The number of Topliss-reactive ketones (excluding diaryl/α,β-unsaturated/α-hetero) is 1. The van der Waals surface area contributed by atoms with Crippen LogP contribution in [-0.4, -0.2) is 12.4 Å². The zero-order chi connectivity index (χ0) is 15.6. The largest absolute Gasteiger partial charge is 0.482 e. The second-order valence-corrected chi connectivity index (χ2v) is 5.98. The zero-order valence-corrected chi connectivity index (χ0v) is 13.8. The molecular weight excluding hydrogens is 331 g/mol. The molecule has 0 saturated carbocycles. The van der Waals surface area contributed by atoms with Gasteiger partial charge in [-0.1, -0.05) is 52.5 Å². The first kappa shape index (κ1) is 16.2. The summed E-state index contributed by atoms with van der Waals surface area (Å²) in [5.41, 5.74) is 2.56. The molecule has 0 radical (unpaired) electrons. The van der Waals surface area contributed by atoms with Crippen LogP contribution in [0.1, 0.15) is 21.5 Å². The van der Waals surface area contributed by atoms with Gasteiger partial charge in [-0.15, -0.1) is 0 Å². The highest BCUT2D eigenvalue weighted by atomic mass is 35.5. The lowest BCUT2D eigenvalue weighted by Crippen LogP contribution is -2.13. The van der Waals surface area contributed by atoms with Crippen LogP contribution in [0.3, 0.4) is 0 Å². The van der Waals surface area contributed by atoms with Crippen molar-refractivity contribution in [1.29, 1.82) is 0 Å². The third kappa shape index (κ3) is 3.91. The topological polar surface area (TPSA) is 26.3 Å². The number of aryl methyl sites for hydroxylation is 2. The van der Waals surface area contributed by atoms with Crippen LogP contribution < -0.4 is 4.74 Å². The molecule has 0 atom stereocenters. The molecule has 0 N–H and O–H groups in total. The molecule has 0 heterocycles. The predicted octanol–water partition coefficient (Wildman–Crippen LogP) is 5.53. The second kappa shape index (κ2) is 6.69. The lowest BCUT2D eigenvalue weighted by molar-refractivity contribution is 0.0921. The van der Waals surface area contributed by atoms with Crippen molar-refractivity contribution in [3.05, 3.63) is 62.1 Å². The Morgan fingerprint density at radius 1 is 1.05 bits per heavy atom. The maximum Gasteiger partial charge on any atom is 0.200 e. The quantitative estimate of drug-likeness (QED) is 0.683. The molecule has 0 aromatic heterocycles. The van der Waals surface area contributed by atoms with Crippen molar-refractivity contribution in [2.45, 2.75) is 13.8 Å². The molecule has 0 saturated heterocycles. The van der Waals surface area contributed by atoms with E-state index in [9.17, 15) is 4.79 Å². The van der Waals surface area contributed by atoms with Crippen molar-refractivity contribution in [1.82, 2.24) is 0 Å². The molecule has 5 heteroatoms. The molecule has 0 unspecified atom stereocenters. The molecule has 0 aliphatic rings. The monoisotopic (exact) mass is 342 g/mol. The smallest absolute Gasteiger partial charge is 0.200 e. The van der Waals surface area contributed by atoms with Crippen LogP contribution in [0.15, 0.2) is 30.3 Å². The van der Waals surface area contributed by atoms with Gasteiger partial charge in [0.1, 0.15) is 0 Å². The van der Waals surface area contributed by atoms with Crippen LogP contribution >= 0.6 is 34.8 Å². The van der Waals surface area contributed by atoms with E-state index in [1.807, 2.05) is 32.0 Å². The molecule has 0 fully saturated rings. The molecule has 0 aliphatic heterocycles. The second-order valence-electron chi connectivity index (χ2n) is 4.73. The number of benzene rings is 2. The van der Waals surface area contributed by atoms with E-state index in [1.165, 1.54) is 12.1 Å². The summed E-state index contributed by atoms with van der Waals surface area (Å²) in [4.78, 5) is 12.2. The molecule has 110 valence electrons. The SMILES string of the molecule is Cc1ccc(C)c(C(=O)COc2c(Cl)cc(Cl)cc2Cl)c1. The molecule has 2 aromatic carbocycles. The highest BCUT2D eigenvalue weighted by molar-refractivity contribution is 6.40. The van der Waals surface area contributed by atoms with E-state index in [-0.39, 0.29) is 28.2 Å². The van der Waals surface area contributed by atoms with Gasteiger partial charge in [0.2, 0.25) is 0 Å². The standard InChI is InChI=1S/C16H13Cl3O2/c1-9-3-4-10(2)12(5-9)15(20)8-21-16-13(18)6-11(17)7-14(16)19/h3-7H,8H2,1-2H3. The van der Waals surface area contributed by atoms with E-state index in [1.54, 1.807) is 0 Å². The first-order chi connectivity index (χ1) is 9.88. The third-order valence-electron chi connectivity index (χ3n) is 3.00. The van der Waals surface area contributed by atoms with Gasteiger partial charge in [-0.25, -0.2) is 0 Å². The fraction of sp³-hybridized carbons (Fsp3) is 0.188. The summed E-state index contributed by atoms with van der Waals surface area (Å²) in [5.74, 6) is 0.139. The van der Waals surface area contributed by atoms with Crippen molar-refractivity contribution in [2.75, 3.05) is 6.61 Å². The Morgan fingerprint density at radius 2 is 1.67 bits per heavy atom. The average Bonchev–Trinajstić information content (AvgIpc) is 2.40. The Hall–Kier alpha value is -1.22. The fourth-order valence-electron chi connectivity index (χ4n) is 1.92. The van der Waals surface area contributed by atoms with Crippen LogP contribution in [0, 0.1) is 13.8 Å². The number of rotatable bonds is 4. The summed E-state index contributed by atoms with van der Waals surface area (Å²) >= 11 is 17.9. The average molecular weight is 344 g/mol. The number of carbonyl (C=O) groups excluding carboxylic acids is 1. The van der Waals surface area contributed by atoms with Crippen molar-refractivity contribution in [2.24, 2.45) is 0 Å². The van der Waals surface area contributed by atoms with E-state index < -0.39 is 0 Å². The summed E-state index contributed by atoms with van der Waals surface area (Å²) < 4.78 is 5.46. The van der Waals surface area contributed by atoms with Gasteiger partial charge in [-0.3, -0.25) is 4.79 Å². The van der Waals surface area contributed by atoms with Gasteiger partial charge in [-0.05, 0) is 37.6 Å². The number of ketones is 1. The predicted molar refractivity (Wildman–Crippen MR) is 87.2 cm³/mol. The maximum atomic E-state index is 12.2.